The molecule has 2 amide bonds. The zero-order valence-corrected chi connectivity index (χ0v) is 18.1. The Labute approximate surface area is 185 Å². The highest BCUT2D eigenvalue weighted by Crippen LogP contribution is 2.32. The maximum Gasteiger partial charge on any atom is 0.270 e. The van der Waals surface area contributed by atoms with E-state index in [0.29, 0.717) is 48.7 Å². The molecule has 4 rings (SSSR count). The van der Waals surface area contributed by atoms with Crippen molar-refractivity contribution in [1.82, 2.24) is 5.32 Å². The molecule has 1 aromatic carbocycles. The molecule has 3 heterocycles. The topological polar surface area (TPSA) is 75.0 Å². The standard InChI is InChI=1S/C19H15BrClN3O4S/c20-15-10-13(28-18(15)23-4-6-27-7-5-23)9-14-16(25)22-19(29)24(17(14)26)12-3-1-2-11(21)8-12/h1-3,8-10H,4-7H2,(H,22,25,29)/b14-9+. The van der Waals surface area contributed by atoms with Crippen LogP contribution in [-0.2, 0) is 14.3 Å². The molecule has 0 aliphatic carbocycles. The molecule has 150 valence electrons. The van der Waals surface area contributed by atoms with Crippen LogP contribution in [0.4, 0.5) is 11.6 Å². The molecule has 0 unspecified atom stereocenters. The molecule has 2 aromatic rings. The van der Waals surface area contributed by atoms with Gasteiger partial charge in [0, 0.05) is 24.2 Å². The summed E-state index contributed by atoms with van der Waals surface area (Å²) in [6.07, 6.45) is 1.41. The van der Waals surface area contributed by atoms with Crippen molar-refractivity contribution in [2.75, 3.05) is 36.1 Å². The first kappa shape index (κ1) is 20.1. The highest BCUT2D eigenvalue weighted by Gasteiger charge is 2.35. The van der Waals surface area contributed by atoms with Crippen molar-refractivity contribution in [1.29, 1.82) is 0 Å². The van der Waals surface area contributed by atoms with Gasteiger partial charge in [0.2, 0.25) is 5.88 Å². The Morgan fingerprint density at radius 3 is 2.69 bits per heavy atom. The first-order valence-electron chi connectivity index (χ1n) is 8.73. The Kier molecular flexibility index (Phi) is 5.73. The zero-order valence-electron chi connectivity index (χ0n) is 15.0. The lowest BCUT2D eigenvalue weighted by Crippen LogP contribution is -2.54. The maximum absolute atomic E-state index is 13.0. The number of nitrogens with zero attached hydrogens (tertiary/aromatic N) is 2. The normalized spacial score (nSPS) is 19.1. The van der Waals surface area contributed by atoms with Crippen LogP contribution in [0.5, 0.6) is 0 Å². The number of nitrogens with one attached hydrogen (secondary N) is 1. The van der Waals surface area contributed by atoms with E-state index in [-0.39, 0.29) is 10.7 Å². The number of amides is 2. The molecule has 1 aromatic heterocycles. The summed E-state index contributed by atoms with van der Waals surface area (Å²) in [5, 5.41) is 2.98. The van der Waals surface area contributed by atoms with Crippen LogP contribution in [0.15, 0.2) is 44.8 Å². The van der Waals surface area contributed by atoms with Gasteiger partial charge in [-0.15, -0.1) is 0 Å². The van der Waals surface area contributed by atoms with Gasteiger partial charge in [-0.2, -0.15) is 0 Å². The number of carbonyl (C=O) groups is 2. The smallest absolute Gasteiger partial charge is 0.270 e. The molecule has 2 saturated heterocycles. The summed E-state index contributed by atoms with van der Waals surface area (Å²) >= 11 is 14.7. The second kappa shape index (κ2) is 8.27. The van der Waals surface area contributed by atoms with Gasteiger partial charge in [-0.3, -0.25) is 19.8 Å². The van der Waals surface area contributed by atoms with Crippen LogP contribution in [-0.4, -0.2) is 43.2 Å². The van der Waals surface area contributed by atoms with E-state index in [1.807, 2.05) is 4.90 Å². The molecule has 0 bridgehead atoms. The Balaban J connectivity index is 1.66. The van der Waals surface area contributed by atoms with Crippen LogP contribution in [0.25, 0.3) is 6.08 Å². The van der Waals surface area contributed by atoms with Crippen molar-refractivity contribution in [3.8, 4) is 0 Å². The van der Waals surface area contributed by atoms with Gasteiger partial charge in [0.15, 0.2) is 5.11 Å². The molecule has 2 aliphatic heterocycles. The number of thiocarbonyl (C=S) groups is 1. The van der Waals surface area contributed by atoms with Gasteiger partial charge in [0.1, 0.15) is 11.3 Å². The SMILES string of the molecule is O=C1NC(=S)N(c2cccc(Cl)c2)C(=O)/C1=C/c1cc(Br)c(N2CCOCC2)o1. The Morgan fingerprint density at radius 1 is 1.21 bits per heavy atom. The van der Waals surface area contributed by atoms with Crippen molar-refractivity contribution < 1.29 is 18.7 Å². The van der Waals surface area contributed by atoms with Crippen LogP contribution in [0.1, 0.15) is 5.76 Å². The molecule has 0 atom stereocenters. The van der Waals surface area contributed by atoms with Crippen molar-refractivity contribution in [3.05, 3.63) is 51.2 Å². The first-order chi connectivity index (χ1) is 13.9. The number of hydrogen-bond acceptors (Lipinski definition) is 6. The summed E-state index contributed by atoms with van der Waals surface area (Å²) in [7, 11) is 0. The minimum Gasteiger partial charge on any atom is -0.440 e. The van der Waals surface area contributed by atoms with Gasteiger partial charge in [0.05, 0.1) is 23.4 Å². The molecule has 0 spiro atoms. The fourth-order valence-corrected chi connectivity index (χ4v) is 4.10. The van der Waals surface area contributed by atoms with E-state index in [1.54, 1.807) is 30.3 Å². The van der Waals surface area contributed by atoms with E-state index in [0.717, 1.165) is 4.47 Å². The second-order valence-electron chi connectivity index (χ2n) is 6.34. The van der Waals surface area contributed by atoms with E-state index in [4.69, 9.17) is 33.0 Å². The lowest BCUT2D eigenvalue weighted by Gasteiger charge is -2.28. The van der Waals surface area contributed by atoms with Gasteiger partial charge in [0.25, 0.3) is 11.8 Å². The molecule has 29 heavy (non-hydrogen) atoms. The number of benzene rings is 1. The van der Waals surface area contributed by atoms with E-state index < -0.39 is 11.8 Å². The summed E-state index contributed by atoms with van der Waals surface area (Å²) in [5.74, 6) is -0.137. The lowest BCUT2D eigenvalue weighted by molar-refractivity contribution is -0.122. The second-order valence-corrected chi connectivity index (χ2v) is 8.02. The van der Waals surface area contributed by atoms with E-state index >= 15 is 0 Å². The van der Waals surface area contributed by atoms with E-state index in [9.17, 15) is 9.59 Å². The lowest BCUT2D eigenvalue weighted by atomic mass is 10.1. The molecule has 7 nitrogen and oxygen atoms in total. The van der Waals surface area contributed by atoms with Crippen molar-refractivity contribution in [2.45, 2.75) is 0 Å². The fraction of sp³-hybridized carbons (Fsp3) is 0.211. The predicted molar refractivity (Wildman–Crippen MR) is 117 cm³/mol. The maximum atomic E-state index is 13.0. The Bertz CT molecular complexity index is 1030. The number of morpholine rings is 1. The van der Waals surface area contributed by atoms with E-state index in [1.165, 1.54) is 11.0 Å². The van der Waals surface area contributed by atoms with Crippen LogP contribution >= 0.6 is 39.7 Å². The quantitative estimate of drug-likeness (QED) is 0.399. The first-order valence-corrected chi connectivity index (χ1v) is 10.3. The van der Waals surface area contributed by atoms with E-state index in [2.05, 4.69) is 21.2 Å². The average Bonchev–Trinajstić information content (AvgIpc) is 3.06. The molecular formula is C19H15BrClN3O4S. The predicted octanol–water partition coefficient (Wildman–Crippen LogP) is 3.36. The molecule has 0 radical (unpaired) electrons. The summed E-state index contributed by atoms with van der Waals surface area (Å²) in [5.41, 5.74) is 0.376. The number of rotatable bonds is 3. The number of carbonyl (C=O) groups excluding carboxylic acids is 2. The van der Waals surface area contributed by atoms with Crippen LogP contribution in [0, 0.1) is 0 Å². The Morgan fingerprint density at radius 2 is 1.97 bits per heavy atom. The largest absolute Gasteiger partial charge is 0.440 e. The van der Waals surface area contributed by atoms with Gasteiger partial charge in [-0.1, -0.05) is 17.7 Å². The molecule has 2 aliphatic rings. The third kappa shape index (κ3) is 4.09. The minimum absolute atomic E-state index is 0.00551. The minimum atomic E-state index is -0.585. The van der Waals surface area contributed by atoms with Gasteiger partial charge in [-0.05, 0) is 52.4 Å². The van der Waals surface area contributed by atoms with Crippen LogP contribution < -0.4 is 15.1 Å². The van der Waals surface area contributed by atoms with Crippen molar-refractivity contribution in [2.24, 2.45) is 0 Å². The van der Waals surface area contributed by atoms with Gasteiger partial charge in [-0.25, -0.2) is 0 Å². The average molecular weight is 497 g/mol. The number of ether oxygens (including phenoxy) is 1. The van der Waals surface area contributed by atoms with Gasteiger partial charge < -0.3 is 14.1 Å². The summed E-state index contributed by atoms with van der Waals surface area (Å²) in [6, 6.07) is 8.39. The highest BCUT2D eigenvalue weighted by molar-refractivity contribution is 9.10. The van der Waals surface area contributed by atoms with Gasteiger partial charge >= 0.3 is 0 Å². The zero-order chi connectivity index (χ0) is 20.5. The molecule has 0 saturated carbocycles. The summed E-state index contributed by atoms with van der Waals surface area (Å²) in [6.45, 7) is 2.60. The molecule has 1 N–H and O–H groups in total. The number of hydrogen-bond donors (Lipinski definition) is 1. The van der Waals surface area contributed by atoms with Crippen molar-refractivity contribution in [3.63, 3.8) is 0 Å². The van der Waals surface area contributed by atoms with Crippen LogP contribution in [0.3, 0.4) is 0 Å². The molecule has 2 fully saturated rings. The summed E-state index contributed by atoms with van der Waals surface area (Å²) in [4.78, 5) is 28.7. The monoisotopic (exact) mass is 495 g/mol. The highest BCUT2D eigenvalue weighted by atomic mass is 79.9. The Hall–Kier alpha value is -2.20. The third-order valence-corrected chi connectivity index (χ3v) is 5.53. The fourth-order valence-electron chi connectivity index (χ4n) is 3.08. The number of halogens is 2. The van der Waals surface area contributed by atoms with Crippen LogP contribution in [0.2, 0.25) is 5.02 Å². The number of anilines is 2. The summed E-state index contributed by atoms with van der Waals surface area (Å²) < 4.78 is 12.0. The van der Waals surface area contributed by atoms with Crippen molar-refractivity contribution >= 4 is 74.3 Å². The number of furan rings is 1. The third-order valence-electron chi connectivity index (χ3n) is 4.44. The molecular weight excluding hydrogens is 482 g/mol. The molecule has 10 heteroatoms.